The highest BCUT2D eigenvalue weighted by Gasteiger charge is 2.52. The number of methoxy groups -OCH3 is 1. The van der Waals surface area contributed by atoms with Crippen LogP contribution in [0.1, 0.15) is 19.3 Å². The van der Waals surface area contributed by atoms with Crippen LogP contribution in [-0.2, 0) is 9.53 Å². The van der Waals surface area contributed by atoms with Gasteiger partial charge >= 0.3 is 5.97 Å². The Balaban J connectivity index is 2.30. The lowest BCUT2D eigenvalue weighted by molar-refractivity contribution is -0.158. The lowest BCUT2D eigenvalue weighted by Gasteiger charge is -2.31. The molecule has 0 amide bonds. The molecule has 1 fully saturated rings. The molecule has 0 aromatic heterocycles. The SMILES string of the molecule is COC(=O)C12CCC(C=CC1O)C2. The third-order valence-electron chi connectivity index (χ3n) is 3.31. The number of aliphatic hydroxyl groups is 1. The number of aliphatic hydroxyl groups excluding tert-OH is 1. The summed E-state index contributed by atoms with van der Waals surface area (Å²) in [6.07, 6.45) is 5.58. The van der Waals surface area contributed by atoms with E-state index in [1.807, 2.05) is 6.08 Å². The van der Waals surface area contributed by atoms with E-state index in [1.165, 1.54) is 7.11 Å². The average molecular weight is 182 g/mol. The number of carbonyl (C=O) groups excluding carboxylic acids is 1. The van der Waals surface area contributed by atoms with Gasteiger partial charge in [-0.2, -0.15) is 0 Å². The highest BCUT2D eigenvalue weighted by atomic mass is 16.5. The maximum absolute atomic E-state index is 11.5. The Morgan fingerprint density at radius 1 is 1.62 bits per heavy atom. The van der Waals surface area contributed by atoms with Gasteiger partial charge in [0.2, 0.25) is 0 Å². The summed E-state index contributed by atoms with van der Waals surface area (Å²) < 4.78 is 4.75. The van der Waals surface area contributed by atoms with E-state index in [4.69, 9.17) is 4.74 Å². The van der Waals surface area contributed by atoms with Gasteiger partial charge in [0, 0.05) is 0 Å². The van der Waals surface area contributed by atoms with E-state index in [1.54, 1.807) is 6.08 Å². The third kappa shape index (κ3) is 1.10. The summed E-state index contributed by atoms with van der Waals surface area (Å²) >= 11 is 0. The van der Waals surface area contributed by atoms with Crippen LogP contribution in [-0.4, -0.2) is 24.3 Å². The van der Waals surface area contributed by atoms with Crippen molar-refractivity contribution >= 4 is 5.97 Å². The molecule has 3 atom stereocenters. The second-order valence-electron chi connectivity index (χ2n) is 3.98. The summed E-state index contributed by atoms with van der Waals surface area (Å²) in [5.41, 5.74) is -0.631. The van der Waals surface area contributed by atoms with Crippen molar-refractivity contribution < 1.29 is 14.6 Å². The second kappa shape index (κ2) is 2.84. The van der Waals surface area contributed by atoms with Gasteiger partial charge in [0.05, 0.1) is 18.6 Å². The van der Waals surface area contributed by atoms with Gasteiger partial charge in [-0.3, -0.25) is 4.79 Å². The molecule has 0 aromatic carbocycles. The van der Waals surface area contributed by atoms with Crippen molar-refractivity contribution in [1.82, 2.24) is 0 Å². The number of fused-ring (bicyclic) bond motifs is 2. The first-order chi connectivity index (χ1) is 6.19. The molecule has 13 heavy (non-hydrogen) atoms. The molecular formula is C10H14O3. The van der Waals surface area contributed by atoms with Crippen LogP contribution in [0.5, 0.6) is 0 Å². The van der Waals surface area contributed by atoms with Crippen molar-refractivity contribution in [2.75, 3.05) is 7.11 Å². The van der Waals surface area contributed by atoms with Gasteiger partial charge in [-0.1, -0.05) is 12.2 Å². The first-order valence-electron chi connectivity index (χ1n) is 4.64. The third-order valence-corrected chi connectivity index (χ3v) is 3.31. The van der Waals surface area contributed by atoms with E-state index in [0.29, 0.717) is 5.92 Å². The molecule has 3 nitrogen and oxygen atoms in total. The van der Waals surface area contributed by atoms with E-state index in [0.717, 1.165) is 19.3 Å². The minimum absolute atomic E-state index is 0.258. The van der Waals surface area contributed by atoms with Crippen LogP contribution in [0.15, 0.2) is 12.2 Å². The number of ether oxygens (including phenoxy) is 1. The van der Waals surface area contributed by atoms with Gasteiger partial charge < -0.3 is 9.84 Å². The van der Waals surface area contributed by atoms with Crippen LogP contribution < -0.4 is 0 Å². The summed E-state index contributed by atoms with van der Waals surface area (Å²) in [5.74, 6) is 0.203. The summed E-state index contributed by atoms with van der Waals surface area (Å²) in [5, 5.41) is 9.76. The molecule has 1 N–H and O–H groups in total. The summed E-state index contributed by atoms with van der Waals surface area (Å²) in [7, 11) is 1.38. The maximum Gasteiger partial charge on any atom is 0.314 e. The molecule has 0 saturated heterocycles. The smallest absolute Gasteiger partial charge is 0.314 e. The average Bonchev–Trinajstić information content (AvgIpc) is 2.52. The zero-order chi connectivity index (χ0) is 9.47. The lowest BCUT2D eigenvalue weighted by atomic mass is 9.77. The molecule has 3 unspecified atom stereocenters. The summed E-state index contributed by atoms with van der Waals surface area (Å²) in [6, 6.07) is 0. The highest BCUT2D eigenvalue weighted by Crippen LogP contribution is 2.49. The van der Waals surface area contributed by atoms with Gasteiger partial charge in [0.25, 0.3) is 0 Å². The quantitative estimate of drug-likeness (QED) is 0.483. The minimum Gasteiger partial charge on any atom is -0.469 e. The molecule has 0 aromatic rings. The topological polar surface area (TPSA) is 46.5 Å². The van der Waals surface area contributed by atoms with Crippen LogP contribution in [0.25, 0.3) is 0 Å². The van der Waals surface area contributed by atoms with E-state index < -0.39 is 11.5 Å². The van der Waals surface area contributed by atoms with Crippen LogP contribution in [0, 0.1) is 11.3 Å². The summed E-state index contributed by atoms with van der Waals surface area (Å²) in [4.78, 5) is 11.5. The van der Waals surface area contributed by atoms with Crippen molar-refractivity contribution in [3.8, 4) is 0 Å². The lowest BCUT2D eigenvalue weighted by Crippen LogP contribution is -2.41. The van der Waals surface area contributed by atoms with Crippen molar-refractivity contribution in [3.05, 3.63) is 12.2 Å². The van der Waals surface area contributed by atoms with Crippen molar-refractivity contribution in [1.29, 1.82) is 0 Å². The number of hydrogen-bond donors (Lipinski definition) is 1. The predicted octanol–water partition coefficient (Wildman–Crippen LogP) is 0.877. The Morgan fingerprint density at radius 2 is 2.38 bits per heavy atom. The van der Waals surface area contributed by atoms with Crippen molar-refractivity contribution in [2.24, 2.45) is 11.3 Å². The van der Waals surface area contributed by atoms with E-state index in [9.17, 15) is 9.90 Å². The Labute approximate surface area is 77.4 Å². The Hall–Kier alpha value is -0.830. The molecule has 1 saturated carbocycles. The standard InChI is InChI=1S/C10H14O3/c1-13-9(12)10-5-4-7(6-10)2-3-8(10)11/h2-3,7-8,11H,4-6H2,1H3. The molecule has 0 heterocycles. The molecule has 72 valence electrons. The highest BCUT2D eigenvalue weighted by molar-refractivity contribution is 5.78. The minimum atomic E-state index is -0.654. The van der Waals surface area contributed by atoms with Gasteiger partial charge in [0.15, 0.2) is 0 Å². The fraction of sp³-hybridized carbons (Fsp3) is 0.700. The number of hydrogen-bond acceptors (Lipinski definition) is 3. The molecule has 0 radical (unpaired) electrons. The molecule has 2 aliphatic carbocycles. The normalized spacial score (nSPS) is 42.0. The van der Waals surface area contributed by atoms with Gasteiger partial charge in [-0.15, -0.1) is 0 Å². The number of allylic oxidation sites excluding steroid dienone is 1. The number of esters is 1. The zero-order valence-corrected chi connectivity index (χ0v) is 7.69. The van der Waals surface area contributed by atoms with Crippen molar-refractivity contribution in [2.45, 2.75) is 25.4 Å². The Kier molecular flexibility index (Phi) is 1.91. The second-order valence-corrected chi connectivity index (χ2v) is 3.98. The maximum atomic E-state index is 11.5. The van der Waals surface area contributed by atoms with Crippen LogP contribution >= 0.6 is 0 Å². The van der Waals surface area contributed by atoms with E-state index in [-0.39, 0.29) is 5.97 Å². The monoisotopic (exact) mass is 182 g/mol. The summed E-state index contributed by atoms with van der Waals surface area (Å²) in [6.45, 7) is 0. The number of rotatable bonds is 1. The van der Waals surface area contributed by atoms with Crippen LogP contribution in [0.2, 0.25) is 0 Å². The Morgan fingerprint density at radius 3 is 3.08 bits per heavy atom. The molecule has 2 bridgehead atoms. The fourth-order valence-corrected chi connectivity index (χ4v) is 2.50. The molecule has 2 rings (SSSR count). The Bertz CT molecular complexity index is 259. The molecule has 3 heteroatoms. The first kappa shape index (κ1) is 8.75. The zero-order valence-electron chi connectivity index (χ0n) is 7.69. The van der Waals surface area contributed by atoms with Crippen molar-refractivity contribution in [3.63, 3.8) is 0 Å². The van der Waals surface area contributed by atoms with Gasteiger partial charge in [-0.25, -0.2) is 0 Å². The molecule has 0 spiro atoms. The van der Waals surface area contributed by atoms with Gasteiger partial charge in [-0.05, 0) is 25.2 Å². The largest absolute Gasteiger partial charge is 0.469 e. The number of carbonyl (C=O) groups is 1. The fourth-order valence-electron chi connectivity index (χ4n) is 2.50. The van der Waals surface area contributed by atoms with Crippen LogP contribution in [0.4, 0.5) is 0 Å². The first-order valence-corrected chi connectivity index (χ1v) is 4.64. The molecular weight excluding hydrogens is 168 g/mol. The molecule has 0 aliphatic heterocycles. The van der Waals surface area contributed by atoms with E-state index in [2.05, 4.69) is 0 Å². The van der Waals surface area contributed by atoms with Gasteiger partial charge in [0.1, 0.15) is 0 Å². The molecule has 2 aliphatic rings. The van der Waals surface area contributed by atoms with Crippen LogP contribution in [0.3, 0.4) is 0 Å². The van der Waals surface area contributed by atoms with E-state index >= 15 is 0 Å². The predicted molar refractivity (Wildman–Crippen MR) is 46.9 cm³/mol.